The van der Waals surface area contributed by atoms with Crippen LogP contribution in [0.5, 0.6) is 0 Å². The van der Waals surface area contributed by atoms with Crippen LogP contribution in [0.25, 0.3) is 6.08 Å². The third kappa shape index (κ3) is 7.06. The van der Waals surface area contributed by atoms with Crippen LogP contribution in [-0.4, -0.2) is 25.2 Å². The third-order valence-corrected chi connectivity index (χ3v) is 2.65. The van der Waals surface area contributed by atoms with E-state index in [0.717, 1.165) is 11.6 Å². The monoisotopic (exact) mass is 299 g/mol. The molecule has 0 aliphatic heterocycles. The highest BCUT2D eigenvalue weighted by molar-refractivity contribution is 5.87. The molecule has 114 valence electrons. The second-order valence-electron chi connectivity index (χ2n) is 4.31. The van der Waals surface area contributed by atoms with E-state index in [-0.39, 0.29) is 13.2 Å². The highest BCUT2D eigenvalue weighted by atomic mass is 16.5. The van der Waals surface area contributed by atoms with E-state index in [1.54, 1.807) is 30.3 Å². The number of carbonyl (C=O) groups excluding carboxylic acids is 2. The lowest BCUT2D eigenvalue weighted by Crippen LogP contribution is -2.05. The molecule has 5 nitrogen and oxygen atoms in total. The Hall–Kier alpha value is -2.87. The van der Waals surface area contributed by atoms with Gasteiger partial charge in [-0.05, 0) is 36.6 Å². The molecule has 0 fully saturated rings. The summed E-state index contributed by atoms with van der Waals surface area (Å²) in [7, 11) is 0. The van der Waals surface area contributed by atoms with Gasteiger partial charge < -0.3 is 9.47 Å². The Labute approximate surface area is 129 Å². The number of nitrogens with zero attached hydrogens (tertiary/aromatic N) is 1. The summed E-state index contributed by atoms with van der Waals surface area (Å²) in [6.07, 6.45) is 5.29. The average Bonchev–Trinajstić information content (AvgIpc) is 2.56. The summed E-state index contributed by atoms with van der Waals surface area (Å²) >= 11 is 0. The number of hydrogen-bond donors (Lipinski definition) is 0. The van der Waals surface area contributed by atoms with Crippen LogP contribution in [0.2, 0.25) is 0 Å². The van der Waals surface area contributed by atoms with E-state index in [0.29, 0.717) is 18.4 Å². The molecular weight excluding hydrogens is 282 g/mol. The van der Waals surface area contributed by atoms with E-state index in [1.807, 2.05) is 6.07 Å². The molecular formula is C17H17NO4. The summed E-state index contributed by atoms with van der Waals surface area (Å²) in [6.45, 7) is 3.83. The lowest BCUT2D eigenvalue weighted by atomic mass is 10.1. The Morgan fingerprint density at radius 1 is 1.09 bits per heavy atom. The van der Waals surface area contributed by atoms with Crippen LogP contribution in [-0.2, 0) is 19.1 Å². The maximum absolute atomic E-state index is 11.5. The number of rotatable bonds is 8. The minimum absolute atomic E-state index is 0.266. The zero-order chi connectivity index (χ0) is 16.2. The summed E-state index contributed by atoms with van der Waals surface area (Å²) in [5.74, 6) is -0.894. The van der Waals surface area contributed by atoms with E-state index < -0.39 is 11.9 Å². The van der Waals surface area contributed by atoms with Crippen LogP contribution in [0.4, 0.5) is 0 Å². The van der Waals surface area contributed by atoms with E-state index in [2.05, 4.69) is 6.58 Å². The molecule has 0 atom stereocenters. The van der Waals surface area contributed by atoms with Gasteiger partial charge in [-0.15, -0.1) is 0 Å². The van der Waals surface area contributed by atoms with Crippen LogP contribution in [0.15, 0.2) is 43.0 Å². The van der Waals surface area contributed by atoms with Gasteiger partial charge in [0.1, 0.15) is 0 Å². The molecule has 0 bridgehead atoms. The van der Waals surface area contributed by atoms with Gasteiger partial charge in [0.2, 0.25) is 0 Å². The molecule has 1 aromatic carbocycles. The first-order valence-electron chi connectivity index (χ1n) is 6.80. The molecule has 0 unspecified atom stereocenters. The van der Waals surface area contributed by atoms with Gasteiger partial charge in [-0.3, -0.25) is 0 Å². The normalized spacial score (nSPS) is 9.95. The molecule has 0 radical (unpaired) electrons. The number of unbranched alkanes of at least 4 members (excludes halogenated alkanes) is 1. The van der Waals surface area contributed by atoms with Crippen LogP contribution in [0.1, 0.15) is 24.0 Å². The van der Waals surface area contributed by atoms with Crippen LogP contribution in [0, 0.1) is 11.3 Å². The number of benzene rings is 1. The predicted molar refractivity (Wildman–Crippen MR) is 81.5 cm³/mol. The molecule has 0 aromatic heterocycles. The molecule has 0 aliphatic rings. The summed E-state index contributed by atoms with van der Waals surface area (Å²) in [5, 5.41) is 8.68. The van der Waals surface area contributed by atoms with Gasteiger partial charge in [-0.1, -0.05) is 18.7 Å². The van der Waals surface area contributed by atoms with Gasteiger partial charge in [-0.25, -0.2) is 9.59 Å². The fourth-order valence-corrected chi connectivity index (χ4v) is 1.49. The van der Waals surface area contributed by atoms with Crippen molar-refractivity contribution in [2.24, 2.45) is 0 Å². The van der Waals surface area contributed by atoms with Crippen molar-refractivity contribution in [3.8, 4) is 6.07 Å². The quantitative estimate of drug-likeness (QED) is 0.419. The Kier molecular flexibility index (Phi) is 7.77. The van der Waals surface area contributed by atoms with E-state index >= 15 is 0 Å². The Morgan fingerprint density at radius 3 is 2.23 bits per heavy atom. The fourth-order valence-electron chi connectivity index (χ4n) is 1.49. The van der Waals surface area contributed by atoms with Crippen LogP contribution < -0.4 is 0 Å². The fraction of sp³-hybridized carbons (Fsp3) is 0.235. The summed E-state index contributed by atoms with van der Waals surface area (Å²) < 4.78 is 9.79. The van der Waals surface area contributed by atoms with E-state index in [4.69, 9.17) is 14.7 Å². The molecule has 0 aliphatic carbocycles. The van der Waals surface area contributed by atoms with Crippen molar-refractivity contribution in [2.75, 3.05) is 13.2 Å². The average molecular weight is 299 g/mol. The van der Waals surface area contributed by atoms with Crippen molar-refractivity contribution >= 4 is 18.0 Å². The molecule has 0 N–H and O–H groups in total. The van der Waals surface area contributed by atoms with Gasteiger partial charge in [0, 0.05) is 12.2 Å². The van der Waals surface area contributed by atoms with Crippen molar-refractivity contribution < 1.29 is 19.1 Å². The van der Waals surface area contributed by atoms with Gasteiger partial charge in [0.05, 0.1) is 24.8 Å². The lowest BCUT2D eigenvalue weighted by molar-refractivity contribution is -0.140. The zero-order valence-corrected chi connectivity index (χ0v) is 12.2. The SMILES string of the molecule is C=CC(=O)OCCCCOC(=O)/C=C/c1ccc(C#N)cc1. The van der Waals surface area contributed by atoms with Crippen molar-refractivity contribution in [3.05, 3.63) is 54.1 Å². The van der Waals surface area contributed by atoms with Crippen molar-refractivity contribution in [2.45, 2.75) is 12.8 Å². The minimum atomic E-state index is -0.456. The number of carbonyl (C=O) groups is 2. The van der Waals surface area contributed by atoms with Crippen LogP contribution >= 0.6 is 0 Å². The van der Waals surface area contributed by atoms with Crippen molar-refractivity contribution in [3.63, 3.8) is 0 Å². The van der Waals surface area contributed by atoms with Crippen LogP contribution in [0.3, 0.4) is 0 Å². The molecule has 0 heterocycles. The molecule has 22 heavy (non-hydrogen) atoms. The molecule has 1 rings (SSSR count). The molecule has 5 heteroatoms. The lowest BCUT2D eigenvalue weighted by Gasteiger charge is -2.03. The highest BCUT2D eigenvalue weighted by Crippen LogP contribution is 2.05. The maximum atomic E-state index is 11.5. The topological polar surface area (TPSA) is 76.4 Å². The number of hydrogen-bond acceptors (Lipinski definition) is 5. The summed E-state index contributed by atoms with van der Waals surface area (Å²) in [4.78, 5) is 22.2. The van der Waals surface area contributed by atoms with Crippen molar-refractivity contribution in [1.29, 1.82) is 5.26 Å². The maximum Gasteiger partial charge on any atom is 0.330 e. The standard InChI is InChI=1S/C17H17NO4/c1-2-16(19)21-11-3-4-12-22-17(20)10-9-14-5-7-15(13-18)8-6-14/h2,5-10H,1,3-4,11-12H2/b10-9+. The largest absolute Gasteiger partial charge is 0.463 e. The Morgan fingerprint density at radius 2 is 1.68 bits per heavy atom. The predicted octanol–water partition coefficient (Wildman–Crippen LogP) is 2.62. The van der Waals surface area contributed by atoms with E-state index in [9.17, 15) is 9.59 Å². The minimum Gasteiger partial charge on any atom is -0.463 e. The third-order valence-electron chi connectivity index (χ3n) is 2.65. The van der Waals surface area contributed by atoms with Gasteiger partial charge in [0.25, 0.3) is 0 Å². The number of ether oxygens (including phenoxy) is 2. The first-order valence-corrected chi connectivity index (χ1v) is 6.80. The number of nitriles is 1. The first kappa shape index (κ1) is 17.2. The van der Waals surface area contributed by atoms with E-state index in [1.165, 1.54) is 6.08 Å². The molecule has 1 aromatic rings. The van der Waals surface area contributed by atoms with Gasteiger partial charge >= 0.3 is 11.9 Å². The molecule has 0 spiro atoms. The van der Waals surface area contributed by atoms with Gasteiger partial charge in [0.15, 0.2) is 0 Å². The Bertz CT molecular complexity index is 582. The second kappa shape index (κ2) is 9.94. The highest BCUT2D eigenvalue weighted by Gasteiger charge is 1.99. The number of esters is 2. The zero-order valence-electron chi connectivity index (χ0n) is 12.2. The molecule has 0 amide bonds. The van der Waals surface area contributed by atoms with Gasteiger partial charge in [-0.2, -0.15) is 5.26 Å². The smallest absolute Gasteiger partial charge is 0.330 e. The first-order chi connectivity index (χ1) is 10.7. The molecule has 0 saturated heterocycles. The second-order valence-corrected chi connectivity index (χ2v) is 4.31. The molecule has 0 saturated carbocycles. The summed E-state index contributed by atoms with van der Waals surface area (Å²) in [6, 6.07) is 8.87. The van der Waals surface area contributed by atoms with Crippen molar-refractivity contribution in [1.82, 2.24) is 0 Å². The Balaban J connectivity index is 2.20. The summed E-state index contributed by atoms with van der Waals surface area (Å²) in [5.41, 5.74) is 1.38.